The van der Waals surface area contributed by atoms with Crippen LogP contribution < -0.4 is 4.74 Å². The molecule has 0 unspecified atom stereocenters. The van der Waals surface area contributed by atoms with Crippen LogP contribution in [0.2, 0.25) is 0 Å². The number of aromatic nitrogens is 1. The van der Waals surface area contributed by atoms with E-state index in [-0.39, 0.29) is 18.9 Å². The number of hydrogen-bond acceptors (Lipinski definition) is 4. The lowest BCUT2D eigenvalue weighted by atomic mass is 9.91. The molecule has 0 atom stereocenters. The van der Waals surface area contributed by atoms with E-state index in [2.05, 4.69) is 4.98 Å². The van der Waals surface area contributed by atoms with Crippen LogP contribution in [0.25, 0.3) is 10.2 Å². The monoisotopic (exact) mass is 449 g/mol. The molecule has 1 N–H and O–H groups in total. The van der Waals surface area contributed by atoms with E-state index in [1.165, 1.54) is 17.4 Å². The van der Waals surface area contributed by atoms with Crippen molar-refractivity contribution in [3.8, 4) is 5.75 Å². The Hall–Kier alpha value is -2.61. The first-order valence-corrected chi connectivity index (χ1v) is 11.1. The molecule has 1 aliphatic rings. The minimum atomic E-state index is -4.39. The highest BCUT2D eigenvalue weighted by atomic mass is 32.1. The fourth-order valence-electron chi connectivity index (χ4n) is 4.06. The maximum atomic E-state index is 13.7. The average Bonchev–Trinajstić information content (AvgIpc) is 3.39. The largest absolute Gasteiger partial charge is 0.489 e. The summed E-state index contributed by atoms with van der Waals surface area (Å²) in [5, 5.41) is 9.54. The highest BCUT2D eigenvalue weighted by Gasteiger charge is 2.36. The summed E-state index contributed by atoms with van der Waals surface area (Å²) in [6.45, 7) is 0.0320. The van der Waals surface area contributed by atoms with Crippen molar-refractivity contribution in [2.75, 3.05) is 0 Å². The first kappa shape index (κ1) is 21.6. The number of ether oxygens (including phenoxy) is 1. The molecule has 0 radical (unpaired) electrons. The lowest BCUT2D eigenvalue weighted by molar-refractivity contribution is -0.138. The Bertz CT molecular complexity index is 1090. The fourth-order valence-corrected chi connectivity index (χ4v) is 5.06. The number of carboxylic acid groups (broad SMARTS) is 1. The predicted octanol–water partition coefficient (Wildman–Crippen LogP) is 6.57. The maximum Gasteiger partial charge on any atom is 0.416 e. The number of halogens is 3. The summed E-state index contributed by atoms with van der Waals surface area (Å²) in [5.41, 5.74) is 1.06. The van der Waals surface area contributed by atoms with Crippen molar-refractivity contribution in [2.45, 2.75) is 57.2 Å². The molecule has 3 aromatic rings. The highest BCUT2D eigenvalue weighted by Crippen LogP contribution is 2.42. The lowest BCUT2D eigenvalue weighted by Crippen LogP contribution is -2.12. The van der Waals surface area contributed by atoms with Gasteiger partial charge in [-0.1, -0.05) is 25.0 Å². The molecule has 164 valence electrons. The zero-order chi connectivity index (χ0) is 22.0. The van der Waals surface area contributed by atoms with Crippen molar-refractivity contribution < 1.29 is 27.8 Å². The second kappa shape index (κ2) is 8.86. The molecule has 8 heteroatoms. The number of thiazole rings is 1. The Morgan fingerprint density at radius 3 is 2.65 bits per heavy atom. The van der Waals surface area contributed by atoms with Gasteiger partial charge in [-0.25, -0.2) is 4.98 Å². The zero-order valence-electron chi connectivity index (χ0n) is 16.7. The van der Waals surface area contributed by atoms with Gasteiger partial charge < -0.3 is 9.84 Å². The van der Waals surface area contributed by atoms with Crippen molar-refractivity contribution in [2.24, 2.45) is 0 Å². The molecule has 1 fully saturated rings. The summed E-state index contributed by atoms with van der Waals surface area (Å²) in [7, 11) is 0. The summed E-state index contributed by atoms with van der Waals surface area (Å²) in [5.74, 6) is -0.356. The molecular formula is C23H22F3NO3S. The van der Waals surface area contributed by atoms with E-state index in [1.807, 2.05) is 0 Å². The van der Waals surface area contributed by atoms with Crippen LogP contribution in [-0.4, -0.2) is 16.1 Å². The number of rotatable bonds is 7. The van der Waals surface area contributed by atoms with Crippen molar-refractivity contribution in [1.82, 2.24) is 4.98 Å². The summed E-state index contributed by atoms with van der Waals surface area (Å²) >= 11 is 1.39. The van der Waals surface area contributed by atoms with Gasteiger partial charge in [0.25, 0.3) is 0 Å². The van der Waals surface area contributed by atoms with Gasteiger partial charge in [0, 0.05) is 6.42 Å². The molecule has 0 aliphatic heterocycles. The molecule has 31 heavy (non-hydrogen) atoms. The molecule has 0 amide bonds. The van der Waals surface area contributed by atoms with Crippen molar-refractivity contribution in [1.29, 1.82) is 0 Å². The van der Waals surface area contributed by atoms with Gasteiger partial charge in [0.15, 0.2) is 0 Å². The van der Waals surface area contributed by atoms with Gasteiger partial charge in [0.2, 0.25) is 0 Å². The molecule has 4 rings (SSSR count). The Kier molecular flexibility index (Phi) is 6.18. The van der Waals surface area contributed by atoms with E-state index in [0.717, 1.165) is 40.9 Å². The Balaban J connectivity index is 1.49. The number of alkyl halides is 3. The van der Waals surface area contributed by atoms with Crippen LogP contribution in [0.1, 0.15) is 59.7 Å². The van der Waals surface area contributed by atoms with Gasteiger partial charge in [-0.05, 0) is 54.2 Å². The highest BCUT2D eigenvalue weighted by molar-refractivity contribution is 7.18. The van der Waals surface area contributed by atoms with Crippen LogP contribution in [0.3, 0.4) is 0 Å². The van der Waals surface area contributed by atoms with Crippen molar-refractivity contribution >= 4 is 27.5 Å². The van der Waals surface area contributed by atoms with Gasteiger partial charge in [0.05, 0.1) is 27.2 Å². The van der Waals surface area contributed by atoms with Gasteiger partial charge >= 0.3 is 12.1 Å². The number of aryl methyl sites for hydroxylation is 1. The number of aliphatic carboxylic acids is 1. The van der Waals surface area contributed by atoms with Gasteiger partial charge in [0.1, 0.15) is 12.4 Å². The third kappa shape index (κ3) is 5.18. The fraction of sp³-hybridized carbons (Fsp3) is 0.391. The molecule has 0 bridgehead atoms. The molecule has 1 aromatic heterocycles. The number of fused-ring (bicyclic) bond motifs is 1. The molecule has 0 saturated heterocycles. The van der Waals surface area contributed by atoms with E-state index in [9.17, 15) is 18.0 Å². The molecule has 0 spiro atoms. The van der Waals surface area contributed by atoms with Crippen LogP contribution in [0.5, 0.6) is 5.75 Å². The van der Waals surface area contributed by atoms with Crippen molar-refractivity contribution in [3.05, 3.63) is 58.1 Å². The summed E-state index contributed by atoms with van der Waals surface area (Å²) < 4.78 is 47.6. The van der Waals surface area contributed by atoms with E-state index < -0.39 is 17.7 Å². The van der Waals surface area contributed by atoms with E-state index >= 15 is 0 Å². The second-order valence-corrected chi connectivity index (χ2v) is 8.94. The second-order valence-electron chi connectivity index (χ2n) is 7.82. The van der Waals surface area contributed by atoms with E-state index in [0.29, 0.717) is 23.3 Å². The molecular weight excluding hydrogens is 427 g/mol. The van der Waals surface area contributed by atoms with Crippen LogP contribution in [0, 0.1) is 0 Å². The van der Waals surface area contributed by atoms with E-state index in [1.54, 1.807) is 30.3 Å². The smallest absolute Gasteiger partial charge is 0.416 e. The average molecular weight is 449 g/mol. The topological polar surface area (TPSA) is 59.4 Å². The van der Waals surface area contributed by atoms with Gasteiger partial charge in [-0.15, -0.1) is 11.3 Å². The number of carboxylic acids is 1. The van der Waals surface area contributed by atoms with Crippen LogP contribution >= 0.6 is 11.3 Å². The van der Waals surface area contributed by atoms with Crippen LogP contribution in [0.4, 0.5) is 13.2 Å². The van der Waals surface area contributed by atoms with Gasteiger partial charge in [-0.3, -0.25) is 4.79 Å². The predicted molar refractivity (Wildman–Crippen MR) is 113 cm³/mol. The summed E-state index contributed by atoms with van der Waals surface area (Å²) in [6.07, 6.45) is -0.442. The SMILES string of the molecule is O=C(O)CCc1nc2ccc(OCc3ccc(C4CCCC4)c(C(F)(F)F)c3)cc2s1. The molecule has 4 nitrogen and oxygen atoms in total. The quantitative estimate of drug-likeness (QED) is 0.443. The third-order valence-corrected chi connectivity index (χ3v) is 6.66. The first-order chi connectivity index (χ1) is 14.8. The Labute approximate surface area is 181 Å². The molecule has 1 heterocycles. The minimum Gasteiger partial charge on any atom is -0.489 e. The standard InChI is InChI=1S/C23H22F3NO3S/c24-23(25,26)18-11-14(5-7-17(18)15-3-1-2-4-15)13-30-16-6-8-19-20(12-16)31-21(27-19)9-10-22(28)29/h5-8,11-12,15H,1-4,9-10,13H2,(H,28,29). The van der Waals surface area contributed by atoms with Crippen LogP contribution in [-0.2, 0) is 24.0 Å². The third-order valence-electron chi connectivity index (χ3n) is 5.58. The van der Waals surface area contributed by atoms with Gasteiger partial charge in [-0.2, -0.15) is 13.2 Å². The van der Waals surface area contributed by atoms with E-state index in [4.69, 9.17) is 9.84 Å². The lowest BCUT2D eigenvalue weighted by Gasteiger charge is -2.19. The Morgan fingerprint density at radius 2 is 1.94 bits per heavy atom. The first-order valence-electron chi connectivity index (χ1n) is 10.2. The normalized spacial score (nSPS) is 14.9. The maximum absolute atomic E-state index is 13.7. The van der Waals surface area contributed by atoms with Crippen LogP contribution in [0.15, 0.2) is 36.4 Å². The number of carbonyl (C=O) groups is 1. The number of benzene rings is 2. The zero-order valence-corrected chi connectivity index (χ0v) is 17.6. The molecule has 2 aromatic carbocycles. The minimum absolute atomic E-state index is 0.0154. The Morgan fingerprint density at radius 1 is 1.16 bits per heavy atom. The molecule has 1 aliphatic carbocycles. The number of hydrogen-bond donors (Lipinski definition) is 1. The van der Waals surface area contributed by atoms with Crippen molar-refractivity contribution in [3.63, 3.8) is 0 Å². The molecule has 1 saturated carbocycles. The number of nitrogens with zero attached hydrogens (tertiary/aromatic N) is 1. The summed E-state index contributed by atoms with van der Waals surface area (Å²) in [6, 6.07) is 9.82. The summed E-state index contributed by atoms with van der Waals surface area (Å²) in [4.78, 5) is 15.1.